The Balaban J connectivity index is 1.48. The molecule has 0 saturated carbocycles. The van der Waals surface area contributed by atoms with Crippen LogP contribution in [0.4, 0.5) is 0 Å². The number of hydrogen-bond acceptors (Lipinski definition) is 4. The van der Waals surface area contributed by atoms with Crippen LogP contribution in [-0.4, -0.2) is 36.4 Å². The molecule has 1 amide bonds. The monoisotopic (exact) mass is 381 g/mol. The van der Waals surface area contributed by atoms with Crippen LogP contribution in [0, 0.1) is 0 Å². The molecule has 2 aromatic rings. The van der Waals surface area contributed by atoms with E-state index in [4.69, 9.17) is 14.2 Å². The lowest BCUT2D eigenvalue weighted by Crippen LogP contribution is -2.44. The SMILES string of the molecule is C[C@H](CCc1ccccc1)N(Cc1ccc2c(c1)OCO2)C(=O)[C@@H]1CCCO1. The maximum Gasteiger partial charge on any atom is 0.252 e. The minimum atomic E-state index is -0.312. The molecule has 1 saturated heterocycles. The van der Waals surface area contributed by atoms with Gasteiger partial charge in [-0.2, -0.15) is 0 Å². The number of nitrogens with zero attached hydrogens (tertiary/aromatic N) is 1. The van der Waals surface area contributed by atoms with Crippen LogP contribution in [0.15, 0.2) is 48.5 Å². The van der Waals surface area contributed by atoms with E-state index < -0.39 is 0 Å². The maximum absolute atomic E-state index is 13.2. The zero-order valence-corrected chi connectivity index (χ0v) is 16.3. The van der Waals surface area contributed by atoms with Crippen LogP contribution in [-0.2, 0) is 22.5 Å². The van der Waals surface area contributed by atoms with Gasteiger partial charge in [-0.1, -0.05) is 36.4 Å². The molecule has 0 N–H and O–H groups in total. The molecule has 0 bridgehead atoms. The highest BCUT2D eigenvalue weighted by Crippen LogP contribution is 2.33. The summed E-state index contributed by atoms with van der Waals surface area (Å²) in [5.41, 5.74) is 2.34. The highest BCUT2D eigenvalue weighted by atomic mass is 16.7. The van der Waals surface area contributed by atoms with E-state index in [1.54, 1.807) is 0 Å². The van der Waals surface area contributed by atoms with Gasteiger partial charge in [-0.15, -0.1) is 0 Å². The minimum absolute atomic E-state index is 0.0933. The molecule has 2 aromatic carbocycles. The molecule has 0 unspecified atom stereocenters. The van der Waals surface area contributed by atoms with Crippen LogP contribution in [0.2, 0.25) is 0 Å². The topological polar surface area (TPSA) is 48.0 Å². The molecule has 5 nitrogen and oxygen atoms in total. The van der Waals surface area contributed by atoms with Crippen molar-refractivity contribution in [1.82, 2.24) is 4.90 Å². The summed E-state index contributed by atoms with van der Waals surface area (Å²) in [6, 6.07) is 16.4. The minimum Gasteiger partial charge on any atom is -0.454 e. The molecule has 2 atom stereocenters. The number of amides is 1. The van der Waals surface area contributed by atoms with Crippen LogP contribution >= 0.6 is 0 Å². The molecule has 0 radical (unpaired) electrons. The van der Waals surface area contributed by atoms with Gasteiger partial charge in [-0.05, 0) is 55.9 Å². The summed E-state index contributed by atoms with van der Waals surface area (Å²) >= 11 is 0. The molecule has 28 heavy (non-hydrogen) atoms. The summed E-state index contributed by atoms with van der Waals surface area (Å²) < 4.78 is 16.6. The van der Waals surface area contributed by atoms with Crippen molar-refractivity contribution < 1.29 is 19.0 Å². The first kappa shape index (κ1) is 18.8. The zero-order valence-electron chi connectivity index (χ0n) is 16.3. The van der Waals surface area contributed by atoms with Gasteiger partial charge < -0.3 is 19.1 Å². The van der Waals surface area contributed by atoms with Crippen LogP contribution in [0.1, 0.15) is 37.3 Å². The van der Waals surface area contributed by atoms with Gasteiger partial charge in [0, 0.05) is 19.2 Å². The predicted molar refractivity (Wildman–Crippen MR) is 106 cm³/mol. The van der Waals surface area contributed by atoms with Gasteiger partial charge in [0.25, 0.3) is 5.91 Å². The van der Waals surface area contributed by atoms with Crippen molar-refractivity contribution in [2.45, 2.75) is 51.3 Å². The third-order valence-electron chi connectivity index (χ3n) is 5.50. The lowest BCUT2D eigenvalue weighted by molar-refractivity contribution is -0.143. The van der Waals surface area contributed by atoms with E-state index in [1.165, 1.54) is 5.56 Å². The zero-order chi connectivity index (χ0) is 19.3. The van der Waals surface area contributed by atoms with E-state index in [0.29, 0.717) is 13.2 Å². The smallest absolute Gasteiger partial charge is 0.252 e. The van der Waals surface area contributed by atoms with Gasteiger partial charge in [0.1, 0.15) is 6.10 Å². The first-order valence-corrected chi connectivity index (χ1v) is 10.1. The summed E-state index contributed by atoms with van der Waals surface area (Å²) in [6.45, 7) is 3.60. The molecule has 0 spiro atoms. The van der Waals surface area contributed by atoms with Crippen molar-refractivity contribution >= 4 is 5.91 Å². The second-order valence-corrected chi connectivity index (χ2v) is 7.53. The highest BCUT2D eigenvalue weighted by Gasteiger charge is 2.31. The van der Waals surface area contributed by atoms with Crippen molar-refractivity contribution in [2.24, 2.45) is 0 Å². The van der Waals surface area contributed by atoms with E-state index in [0.717, 1.165) is 42.7 Å². The summed E-state index contributed by atoms with van der Waals surface area (Å²) in [6.07, 6.45) is 3.30. The van der Waals surface area contributed by atoms with Crippen LogP contribution in [0.3, 0.4) is 0 Å². The van der Waals surface area contributed by atoms with Crippen LogP contribution < -0.4 is 9.47 Å². The average Bonchev–Trinajstić information content (AvgIpc) is 3.42. The Morgan fingerprint density at radius 1 is 1.11 bits per heavy atom. The maximum atomic E-state index is 13.2. The molecular weight excluding hydrogens is 354 g/mol. The number of benzene rings is 2. The lowest BCUT2D eigenvalue weighted by atomic mass is 10.0. The Morgan fingerprint density at radius 3 is 2.71 bits per heavy atom. The van der Waals surface area contributed by atoms with Crippen molar-refractivity contribution in [3.63, 3.8) is 0 Å². The number of rotatable bonds is 7. The Morgan fingerprint density at radius 2 is 1.93 bits per heavy atom. The largest absolute Gasteiger partial charge is 0.454 e. The molecule has 2 heterocycles. The summed E-state index contributed by atoms with van der Waals surface area (Å²) in [5, 5.41) is 0. The van der Waals surface area contributed by atoms with Gasteiger partial charge in [0.15, 0.2) is 11.5 Å². The molecule has 5 heteroatoms. The van der Waals surface area contributed by atoms with Gasteiger partial charge in [0.2, 0.25) is 6.79 Å². The van der Waals surface area contributed by atoms with Gasteiger partial charge in [0.05, 0.1) is 0 Å². The summed E-state index contributed by atoms with van der Waals surface area (Å²) in [4.78, 5) is 15.2. The Hall–Kier alpha value is -2.53. The standard InChI is InChI=1S/C23H27NO4/c1-17(9-10-18-6-3-2-4-7-18)24(23(25)21-8-5-13-26-21)15-19-11-12-20-22(14-19)28-16-27-20/h2-4,6-7,11-12,14,17,21H,5,8-10,13,15-16H2,1H3/t17-,21+/m1/s1. The van der Waals surface area contributed by atoms with Crippen molar-refractivity contribution in [1.29, 1.82) is 0 Å². The van der Waals surface area contributed by atoms with E-state index in [2.05, 4.69) is 31.2 Å². The third-order valence-corrected chi connectivity index (χ3v) is 5.50. The van der Waals surface area contributed by atoms with Crippen LogP contribution in [0.5, 0.6) is 11.5 Å². The fourth-order valence-corrected chi connectivity index (χ4v) is 3.82. The quantitative estimate of drug-likeness (QED) is 0.729. The normalized spacial score (nSPS) is 18.8. The Kier molecular flexibility index (Phi) is 5.81. The molecule has 0 aromatic heterocycles. The van der Waals surface area contributed by atoms with Gasteiger partial charge in [-0.25, -0.2) is 0 Å². The first-order valence-electron chi connectivity index (χ1n) is 10.1. The number of hydrogen-bond donors (Lipinski definition) is 0. The van der Waals surface area contributed by atoms with Gasteiger partial charge >= 0.3 is 0 Å². The molecule has 0 aliphatic carbocycles. The molecule has 2 aliphatic heterocycles. The lowest BCUT2D eigenvalue weighted by Gasteiger charge is -2.31. The van der Waals surface area contributed by atoms with E-state index >= 15 is 0 Å². The van der Waals surface area contributed by atoms with E-state index in [1.807, 2.05) is 29.2 Å². The Labute approximate surface area is 166 Å². The first-order chi connectivity index (χ1) is 13.7. The van der Waals surface area contributed by atoms with Crippen molar-refractivity contribution in [2.75, 3.05) is 13.4 Å². The van der Waals surface area contributed by atoms with Crippen molar-refractivity contribution in [3.8, 4) is 11.5 Å². The van der Waals surface area contributed by atoms with E-state index in [-0.39, 0.29) is 24.8 Å². The fourth-order valence-electron chi connectivity index (χ4n) is 3.82. The fraction of sp³-hybridized carbons (Fsp3) is 0.435. The third kappa shape index (κ3) is 4.30. The second-order valence-electron chi connectivity index (χ2n) is 7.53. The molecule has 2 aliphatic rings. The predicted octanol–water partition coefficient (Wildman–Crippen LogP) is 3.94. The second kappa shape index (κ2) is 8.65. The average molecular weight is 381 g/mol. The molecule has 148 valence electrons. The molecule has 4 rings (SSSR count). The number of fused-ring (bicyclic) bond motifs is 1. The van der Waals surface area contributed by atoms with Gasteiger partial charge in [-0.3, -0.25) is 4.79 Å². The number of ether oxygens (including phenoxy) is 3. The molecule has 1 fully saturated rings. The van der Waals surface area contributed by atoms with Crippen LogP contribution in [0.25, 0.3) is 0 Å². The summed E-state index contributed by atoms with van der Waals surface area (Å²) in [5.74, 6) is 1.60. The number of aryl methyl sites for hydroxylation is 1. The van der Waals surface area contributed by atoms with Crippen molar-refractivity contribution in [3.05, 3.63) is 59.7 Å². The number of carbonyl (C=O) groups excluding carboxylic acids is 1. The van der Waals surface area contributed by atoms with E-state index in [9.17, 15) is 4.79 Å². The Bertz CT molecular complexity index is 802. The molecular formula is C23H27NO4. The number of carbonyl (C=O) groups is 1. The summed E-state index contributed by atoms with van der Waals surface area (Å²) in [7, 11) is 0. The highest BCUT2D eigenvalue weighted by molar-refractivity contribution is 5.81.